The molecule has 4 nitrogen and oxygen atoms in total. The summed E-state index contributed by atoms with van der Waals surface area (Å²) in [6.07, 6.45) is 18.7. The second-order valence-electron chi connectivity index (χ2n) is 9.29. The monoisotopic (exact) mass is 878 g/mol. The first-order valence-electron chi connectivity index (χ1n) is 12.7. The van der Waals surface area contributed by atoms with Crippen molar-refractivity contribution in [3.05, 3.63) is 63.3 Å². The van der Waals surface area contributed by atoms with Crippen LogP contribution in [0.2, 0.25) is 0 Å². The Balaban J connectivity index is 0.00000320. The number of aromatic amines is 2. The van der Waals surface area contributed by atoms with Crippen molar-refractivity contribution in [1.29, 1.82) is 0 Å². The van der Waals surface area contributed by atoms with E-state index in [2.05, 4.69) is 133 Å². The number of aryl methyl sites for hydroxylation is 1. The van der Waals surface area contributed by atoms with Gasteiger partial charge in [-0.1, -0.05) is 45.4 Å². The maximum Gasteiger partial charge on any atom is 0.0792 e. The number of unbranched alkanes of at least 4 members (excludes halogenated alkanes) is 6. The molecule has 2 N–H and O–H groups in total. The number of hydrogen-bond acceptors (Lipinski definition) is 2. The maximum absolute atomic E-state index is 5.11. The normalized spacial score (nSPS) is 12.2. The van der Waals surface area contributed by atoms with E-state index in [9.17, 15) is 0 Å². The van der Waals surface area contributed by atoms with E-state index in [0.717, 1.165) is 62.0 Å². The van der Waals surface area contributed by atoms with E-state index in [1.54, 1.807) is 0 Å². The quantitative estimate of drug-likeness (QED) is 0.0928. The smallest absolute Gasteiger partial charge is 0.0792 e. The molecule has 0 spiro atoms. The van der Waals surface area contributed by atoms with E-state index < -0.39 is 0 Å². The third-order valence-corrected chi connectivity index (χ3v) is 10.1. The number of hydrogen-bond donors (Lipinski definition) is 2. The topological polar surface area (TPSA) is 57.4 Å². The molecule has 8 bridgehead atoms. The van der Waals surface area contributed by atoms with Gasteiger partial charge in [-0.3, -0.25) is 0 Å². The molecular weight excluding hydrogens is 850 g/mol. The Morgan fingerprint density at radius 1 is 0.568 bits per heavy atom. The molecule has 2 aliphatic rings. The SMILES string of the molecule is CCCCCCCCCc1c2nc(c(I)c3ccc([nH]3)c(I)c3nc(c(I)c4ccc1[nH]4)C=C3)C=C2.[Zn]. The van der Waals surface area contributed by atoms with Crippen LogP contribution in [0.5, 0.6) is 0 Å². The van der Waals surface area contributed by atoms with Crippen molar-refractivity contribution in [2.75, 3.05) is 0 Å². The van der Waals surface area contributed by atoms with Crippen LogP contribution in [0, 0.1) is 10.7 Å². The standard InChI is InChI=1S/C29H29I3N4.Zn/c1-2-3-4-5-6-7-8-9-18-19-10-12-21(33-19)27(30)23-14-16-25(35-23)29(32)26-17-15-24(36-26)28(31)22-13-11-20(18)34-22;/h10-17,33,36H,2-9H2,1H3;. The Morgan fingerprint density at radius 3 is 1.51 bits per heavy atom. The molecule has 5 heterocycles. The number of H-pyrrole nitrogens is 2. The van der Waals surface area contributed by atoms with Crippen molar-refractivity contribution in [3.63, 3.8) is 0 Å². The number of aromatic nitrogens is 4. The number of nitrogens with one attached hydrogen (secondary N) is 2. The van der Waals surface area contributed by atoms with Crippen LogP contribution < -0.4 is 0 Å². The molecule has 0 radical (unpaired) electrons. The van der Waals surface area contributed by atoms with Gasteiger partial charge < -0.3 is 9.97 Å². The zero-order valence-corrected chi connectivity index (χ0v) is 30.5. The summed E-state index contributed by atoms with van der Waals surface area (Å²) in [4.78, 5) is 17.3. The molecule has 0 aliphatic carbocycles. The van der Waals surface area contributed by atoms with Gasteiger partial charge in [0.25, 0.3) is 0 Å². The molecule has 0 unspecified atom stereocenters. The van der Waals surface area contributed by atoms with E-state index in [4.69, 9.17) is 9.97 Å². The summed E-state index contributed by atoms with van der Waals surface area (Å²) in [5, 5.41) is 0. The fourth-order valence-electron chi connectivity index (χ4n) is 4.68. The Morgan fingerprint density at radius 2 is 0.973 bits per heavy atom. The van der Waals surface area contributed by atoms with E-state index in [-0.39, 0.29) is 19.5 Å². The minimum Gasteiger partial charge on any atom is -0.354 e. The van der Waals surface area contributed by atoms with Crippen LogP contribution in [-0.4, -0.2) is 19.9 Å². The molecule has 0 atom stereocenters. The molecule has 0 saturated carbocycles. The molecule has 0 saturated heterocycles. The van der Waals surface area contributed by atoms with Crippen molar-refractivity contribution in [3.8, 4) is 0 Å². The summed E-state index contributed by atoms with van der Waals surface area (Å²) in [6, 6.07) is 8.67. The number of halogens is 3. The van der Waals surface area contributed by atoms with Gasteiger partial charge in [0.15, 0.2) is 0 Å². The molecule has 3 aromatic rings. The first-order chi connectivity index (χ1) is 17.5. The van der Waals surface area contributed by atoms with Crippen LogP contribution in [0.3, 0.4) is 0 Å². The summed E-state index contributed by atoms with van der Waals surface area (Å²) in [5.41, 5.74) is 9.79. The third kappa shape index (κ3) is 6.77. The Bertz CT molecular complexity index is 1500. The Labute approximate surface area is 272 Å². The molecule has 37 heavy (non-hydrogen) atoms. The maximum atomic E-state index is 5.11. The number of nitrogens with zero attached hydrogens (tertiary/aromatic N) is 2. The van der Waals surface area contributed by atoms with Crippen molar-refractivity contribution in [2.45, 2.75) is 58.3 Å². The van der Waals surface area contributed by atoms with E-state index in [0.29, 0.717) is 0 Å². The average molecular weight is 880 g/mol. The molecule has 8 heteroatoms. The van der Waals surface area contributed by atoms with Gasteiger partial charge in [-0.05, 0) is 129 Å². The zero-order chi connectivity index (χ0) is 25.1. The van der Waals surface area contributed by atoms with Gasteiger partial charge in [0.1, 0.15) is 0 Å². The second-order valence-corrected chi connectivity index (χ2v) is 12.5. The Kier molecular flexibility index (Phi) is 10.9. The predicted octanol–water partition coefficient (Wildman–Crippen LogP) is 9.76. The first-order valence-corrected chi connectivity index (χ1v) is 15.9. The van der Waals surface area contributed by atoms with Crippen molar-refractivity contribution >= 4 is 114 Å². The molecule has 0 amide bonds. The van der Waals surface area contributed by atoms with E-state index in [1.165, 1.54) is 50.5 Å². The molecule has 188 valence electrons. The summed E-state index contributed by atoms with van der Waals surface area (Å²) >= 11 is 7.22. The fraction of sp³-hybridized carbons (Fsp3) is 0.310. The van der Waals surface area contributed by atoms with Gasteiger partial charge in [0, 0.05) is 30.6 Å². The molecule has 0 fully saturated rings. The fourth-order valence-corrected chi connectivity index (χ4v) is 6.53. The number of fused-ring (bicyclic) bond motifs is 8. The van der Waals surface area contributed by atoms with Crippen LogP contribution in [0.4, 0.5) is 0 Å². The summed E-state index contributed by atoms with van der Waals surface area (Å²) in [7, 11) is 0. The zero-order valence-electron chi connectivity index (χ0n) is 21.0. The number of rotatable bonds is 8. The van der Waals surface area contributed by atoms with Crippen molar-refractivity contribution < 1.29 is 19.5 Å². The second kappa shape index (κ2) is 13.7. The average Bonchev–Trinajstić information content (AvgIpc) is 3.69. The molecule has 3 aromatic heterocycles. The van der Waals surface area contributed by atoms with Gasteiger partial charge in [-0.25, -0.2) is 9.97 Å². The van der Waals surface area contributed by atoms with Crippen LogP contribution in [0.1, 0.15) is 80.2 Å². The summed E-state index contributed by atoms with van der Waals surface area (Å²) < 4.78 is 3.37. The minimum atomic E-state index is 0. The molecular formula is C29H29I3N4Zn. The van der Waals surface area contributed by atoms with E-state index in [1.807, 2.05) is 0 Å². The van der Waals surface area contributed by atoms with Gasteiger partial charge in [-0.15, -0.1) is 0 Å². The summed E-state index contributed by atoms with van der Waals surface area (Å²) in [6.45, 7) is 2.27. The summed E-state index contributed by atoms with van der Waals surface area (Å²) in [5.74, 6) is 0. The predicted molar refractivity (Wildman–Crippen MR) is 179 cm³/mol. The van der Waals surface area contributed by atoms with Crippen LogP contribution in [-0.2, 0) is 25.9 Å². The Hall–Kier alpha value is -0.587. The van der Waals surface area contributed by atoms with Gasteiger partial charge >= 0.3 is 0 Å². The first kappa shape index (κ1) is 29.4. The molecule has 2 aliphatic heterocycles. The van der Waals surface area contributed by atoms with E-state index >= 15 is 0 Å². The van der Waals surface area contributed by atoms with Crippen molar-refractivity contribution in [1.82, 2.24) is 19.9 Å². The van der Waals surface area contributed by atoms with Crippen molar-refractivity contribution in [2.24, 2.45) is 0 Å². The van der Waals surface area contributed by atoms with Crippen LogP contribution >= 0.6 is 67.8 Å². The minimum absolute atomic E-state index is 0. The van der Waals surface area contributed by atoms with Gasteiger partial charge in [-0.2, -0.15) is 0 Å². The third-order valence-electron chi connectivity index (χ3n) is 6.70. The van der Waals surface area contributed by atoms with Gasteiger partial charge in [0.05, 0.1) is 50.0 Å². The van der Waals surface area contributed by atoms with Gasteiger partial charge in [0.2, 0.25) is 0 Å². The van der Waals surface area contributed by atoms with Crippen LogP contribution in [0.15, 0.2) is 24.3 Å². The molecule has 5 rings (SSSR count). The molecule has 0 aromatic carbocycles. The van der Waals surface area contributed by atoms with Crippen LogP contribution in [0.25, 0.3) is 46.4 Å². The largest absolute Gasteiger partial charge is 0.354 e.